The monoisotopic (exact) mass is 378 g/mol. The Morgan fingerprint density at radius 1 is 1.43 bits per heavy atom. The van der Waals surface area contributed by atoms with E-state index in [0.717, 1.165) is 25.7 Å². The fourth-order valence-corrected chi connectivity index (χ4v) is 4.97. The lowest BCUT2D eigenvalue weighted by Gasteiger charge is -2.22. The fourth-order valence-electron chi connectivity index (χ4n) is 3.16. The molecule has 9 heteroatoms. The molecule has 0 bridgehead atoms. The molecule has 0 radical (unpaired) electrons. The van der Waals surface area contributed by atoms with Crippen LogP contribution in [0.5, 0.6) is 0 Å². The Bertz CT molecular complexity index is 772. The Labute approximate surface area is 146 Å². The minimum atomic E-state index is -3.70. The summed E-state index contributed by atoms with van der Waals surface area (Å²) in [7, 11) is -3.70. The summed E-state index contributed by atoms with van der Waals surface area (Å²) in [6, 6.07) is 1.33. The predicted octanol–water partition coefficient (Wildman–Crippen LogP) is 2.43. The third kappa shape index (κ3) is 3.64. The van der Waals surface area contributed by atoms with E-state index in [4.69, 9.17) is 17.3 Å². The number of H-pyrrole nitrogens is 1. The average molecular weight is 379 g/mol. The molecule has 1 aliphatic carbocycles. The number of hydrogen-bond donors (Lipinski definition) is 3. The fraction of sp³-hybridized carbons (Fsp3) is 0.500. The Balaban J connectivity index is 0.00000192. The molecule has 2 heterocycles. The van der Waals surface area contributed by atoms with Gasteiger partial charge < -0.3 is 10.7 Å². The van der Waals surface area contributed by atoms with Crippen molar-refractivity contribution in [1.82, 2.24) is 14.7 Å². The number of sulfonamides is 1. The molecule has 1 saturated carbocycles. The molecule has 1 fully saturated rings. The number of fused-ring (bicyclic) bond motifs is 1. The van der Waals surface area contributed by atoms with Gasteiger partial charge >= 0.3 is 0 Å². The van der Waals surface area contributed by atoms with Gasteiger partial charge in [0.1, 0.15) is 10.5 Å². The molecular formula is C14H20Cl2N4O2S. The molecule has 23 heavy (non-hydrogen) atoms. The number of aromatic amines is 1. The summed E-state index contributed by atoms with van der Waals surface area (Å²) < 4.78 is 28.2. The van der Waals surface area contributed by atoms with E-state index in [-0.39, 0.29) is 29.9 Å². The molecule has 2 aromatic heterocycles. The van der Waals surface area contributed by atoms with Crippen LogP contribution in [0.3, 0.4) is 0 Å². The van der Waals surface area contributed by atoms with Crippen LogP contribution in [0.2, 0.25) is 5.02 Å². The van der Waals surface area contributed by atoms with Crippen LogP contribution in [0, 0.1) is 5.92 Å². The summed E-state index contributed by atoms with van der Waals surface area (Å²) >= 11 is 6.13. The van der Waals surface area contributed by atoms with Gasteiger partial charge in [-0.2, -0.15) is 0 Å². The highest BCUT2D eigenvalue weighted by Gasteiger charge is 2.30. The largest absolute Gasteiger partial charge is 0.345 e. The first-order valence-electron chi connectivity index (χ1n) is 7.37. The average Bonchev–Trinajstić information content (AvgIpc) is 3.14. The van der Waals surface area contributed by atoms with Crippen molar-refractivity contribution in [3.8, 4) is 0 Å². The maximum atomic E-state index is 12.7. The van der Waals surface area contributed by atoms with Gasteiger partial charge in [0.05, 0.1) is 10.4 Å². The highest BCUT2D eigenvalue weighted by Crippen LogP contribution is 2.31. The molecule has 0 aromatic carbocycles. The summed E-state index contributed by atoms with van der Waals surface area (Å²) in [6.07, 6.45) is 7.25. The molecule has 0 spiro atoms. The van der Waals surface area contributed by atoms with E-state index in [9.17, 15) is 8.42 Å². The SMILES string of the molecule is Cl.NCC(NS(=O)(=O)c1c[nH]c2nccc(Cl)c12)C1CCCC1. The van der Waals surface area contributed by atoms with E-state index in [1.165, 1.54) is 12.4 Å². The summed E-state index contributed by atoms with van der Waals surface area (Å²) in [5.41, 5.74) is 6.24. The number of nitrogens with two attached hydrogens (primary N) is 1. The minimum absolute atomic E-state index is 0. The smallest absolute Gasteiger partial charge is 0.243 e. The van der Waals surface area contributed by atoms with E-state index in [0.29, 0.717) is 22.0 Å². The standard InChI is InChI=1S/C14H19ClN4O2S.ClH/c15-10-5-6-17-14-13(10)12(8-18-14)22(20,21)19-11(7-16)9-3-1-2-4-9;/h5-6,8-9,11,19H,1-4,7,16H2,(H,17,18);1H. The van der Waals surface area contributed by atoms with E-state index >= 15 is 0 Å². The van der Waals surface area contributed by atoms with Gasteiger partial charge in [0, 0.05) is 25.0 Å². The first kappa shape index (κ1) is 18.5. The molecule has 1 unspecified atom stereocenters. The van der Waals surface area contributed by atoms with Crippen LogP contribution < -0.4 is 10.5 Å². The second kappa shape index (κ2) is 7.36. The van der Waals surface area contributed by atoms with Gasteiger partial charge in [0.2, 0.25) is 10.0 Å². The Kier molecular flexibility index (Phi) is 5.91. The first-order valence-corrected chi connectivity index (χ1v) is 9.23. The zero-order chi connectivity index (χ0) is 15.7. The van der Waals surface area contributed by atoms with Crippen molar-refractivity contribution >= 4 is 45.1 Å². The first-order chi connectivity index (χ1) is 10.5. The van der Waals surface area contributed by atoms with Crippen molar-refractivity contribution < 1.29 is 8.42 Å². The maximum absolute atomic E-state index is 12.7. The molecule has 0 saturated heterocycles. The van der Waals surface area contributed by atoms with Crippen LogP contribution in [-0.2, 0) is 10.0 Å². The molecule has 3 rings (SSSR count). The molecule has 4 N–H and O–H groups in total. The van der Waals surface area contributed by atoms with Crippen molar-refractivity contribution in [2.24, 2.45) is 11.7 Å². The van der Waals surface area contributed by atoms with Gasteiger partial charge in [-0.3, -0.25) is 0 Å². The Morgan fingerprint density at radius 2 is 2.13 bits per heavy atom. The third-order valence-corrected chi connectivity index (χ3v) is 6.13. The van der Waals surface area contributed by atoms with Gasteiger partial charge in [-0.1, -0.05) is 24.4 Å². The molecule has 6 nitrogen and oxygen atoms in total. The Morgan fingerprint density at radius 3 is 2.78 bits per heavy atom. The number of aromatic nitrogens is 2. The van der Waals surface area contributed by atoms with Crippen molar-refractivity contribution in [3.05, 3.63) is 23.5 Å². The van der Waals surface area contributed by atoms with Gasteiger partial charge in [0.15, 0.2) is 0 Å². The highest BCUT2D eigenvalue weighted by molar-refractivity contribution is 7.89. The topological polar surface area (TPSA) is 101 Å². The second-order valence-electron chi connectivity index (χ2n) is 5.68. The predicted molar refractivity (Wildman–Crippen MR) is 93.5 cm³/mol. The zero-order valence-electron chi connectivity index (χ0n) is 12.5. The summed E-state index contributed by atoms with van der Waals surface area (Å²) in [5.74, 6) is 0.304. The number of nitrogens with zero attached hydrogens (tertiary/aromatic N) is 1. The summed E-state index contributed by atoms with van der Waals surface area (Å²) in [4.78, 5) is 7.07. The van der Waals surface area contributed by atoms with Gasteiger partial charge in [0.25, 0.3) is 0 Å². The van der Waals surface area contributed by atoms with Crippen LogP contribution >= 0.6 is 24.0 Å². The second-order valence-corrected chi connectivity index (χ2v) is 7.77. The van der Waals surface area contributed by atoms with Gasteiger partial charge in [-0.25, -0.2) is 18.1 Å². The van der Waals surface area contributed by atoms with E-state index < -0.39 is 10.0 Å². The minimum Gasteiger partial charge on any atom is -0.345 e. The van der Waals surface area contributed by atoms with Crippen LogP contribution in [-0.4, -0.2) is 31.0 Å². The van der Waals surface area contributed by atoms with Crippen LogP contribution in [0.25, 0.3) is 11.0 Å². The maximum Gasteiger partial charge on any atom is 0.243 e. The van der Waals surface area contributed by atoms with Crippen molar-refractivity contribution in [2.75, 3.05) is 6.54 Å². The summed E-state index contributed by atoms with van der Waals surface area (Å²) in [5, 5.41) is 0.774. The van der Waals surface area contributed by atoms with E-state index in [1.807, 2.05) is 0 Å². The number of pyridine rings is 1. The molecule has 1 atom stereocenters. The molecule has 1 aliphatic rings. The zero-order valence-corrected chi connectivity index (χ0v) is 14.8. The normalized spacial score (nSPS) is 17.3. The number of nitrogens with one attached hydrogen (secondary N) is 2. The molecule has 128 valence electrons. The van der Waals surface area contributed by atoms with E-state index in [1.54, 1.807) is 6.07 Å². The number of hydrogen-bond acceptors (Lipinski definition) is 4. The number of rotatable bonds is 5. The lowest BCUT2D eigenvalue weighted by atomic mass is 9.99. The number of halogens is 2. The van der Waals surface area contributed by atoms with Gasteiger partial charge in [-0.15, -0.1) is 12.4 Å². The lowest BCUT2D eigenvalue weighted by Crippen LogP contribution is -2.44. The van der Waals surface area contributed by atoms with Crippen LogP contribution in [0.4, 0.5) is 0 Å². The summed E-state index contributed by atoms with van der Waals surface area (Å²) in [6.45, 7) is 0.290. The Hall–Kier alpha value is -0.860. The highest BCUT2D eigenvalue weighted by atomic mass is 35.5. The quantitative estimate of drug-likeness (QED) is 0.743. The van der Waals surface area contributed by atoms with Crippen LogP contribution in [0.1, 0.15) is 25.7 Å². The lowest BCUT2D eigenvalue weighted by molar-refractivity contribution is 0.406. The van der Waals surface area contributed by atoms with Crippen molar-refractivity contribution in [1.29, 1.82) is 0 Å². The molecule has 0 aliphatic heterocycles. The van der Waals surface area contributed by atoms with Crippen LogP contribution in [0.15, 0.2) is 23.4 Å². The van der Waals surface area contributed by atoms with Crippen molar-refractivity contribution in [3.63, 3.8) is 0 Å². The molecule has 0 amide bonds. The van der Waals surface area contributed by atoms with Crippen molar-refractivity contribution in [2.45, 2.75) is 36.6 Å². The van der Waals surface area contributed by atoms with E-state index in [2.05, 4.69) is 14.7 Å². The molecule has 2 aromatic rings. The third-order valence-electron chi connectivity index (χ3n) is 4.31. The molecular weight excluding hydrogens is 359 g/mol. The van der Waals surface area contributed by atoms with Gasteiger partial charge in [-0.05, 0) is 24.8 Å².